The van der Waals surface area contributed by atoms with Gasteiger partial charge in [-0.1, -0.05) is 37.6 Å². The van der Waals surface area contributed by atoms with Gasteiger partial charge in [0.25, 0.3) is 12.9 Å². The van der Waals surface area contributed by atoms with Crippen LogP contribution in [0.2, 0.25) is 0 Å². The molecule has 0 aromatic carbocycles. The fourth-order valence-electron chi connectivity index (χ4n) is 7.88. The molecule has 11 heterocycles. The van der Waals surface area contributed by atoms with Gasteiger partial charge in [0.15, 0.2) is 0 Å². The average Bonchev–Trinajstić information content (AvgIpc) is 4.30. The normalized spacial score (nSPS) is 11.6. The Hall–Kier alpha value is -7.24. The largest absolute Gasteiger partial charge is 2.00 e. The number of fused-ring (bicyclic) bond motifs is 3. The zero-order valence-electron chi connectivity index (χ0n) is 39.0. The first kappa shape index (κ1) is 53.6. The Balaban J connectivity index is 0.000000185. The van der Waals surface area contributed by atoms with E-state index in [0.717, 1.165) is 86.0 Å². The summed E-state index contributed by atoms with van der Waals surface area (Å²) in [5.41, 5.74) is 3.88. The molecule has 13 nitrogen and oxygen atoms in total. The van der Waals surface area contributed by atoms with Gasteiger partial charge < -0.3 is 34.3 Å². The molecule has 0 aliphatic carbocycles. The van der Waals surface area contributed by atoms with Crippen LogP contribution in [0.1, 0.15) is 49.6 Å². The molecule has 76 heavy (non-hydrogen) atoms. The summed E-state index contributed by atoms with van der Waals surface area (Å²) in [7, 11) is 0. The number of ether oxygens (including phenoxy) is 2. The number of unbranched alkanes of at least 4 members (excludes halogenated alkanes) is 3. The van der Waals surface area contributed by atoms with Gasteiger partial charge >= 0.3 is 31.8 Å². The van der Waals surface area contributed by atoms with Gasteiger partial charge in [-0.15, -0.1) is 45.3 Å². The summed E-state index contributed by atoms with van der Waals surface area (Å²) in [6.07, 6.45) is -1.13. The van der Waals surface area contributed by atoms with Crippen molar-refractivity contribution in [2.24, 2.45) is 0 Å². The van der Waals surface area contributed by atoms with E-state index in [4.69, 9.17) is 18.9 Å². The van der Waals surface area contributed by atoms with Crippen LogP contribution < -0.4 is 19.7 Å². The third kappa shape index (κ3) is 11.9. The van der Waals surface area contributed by atoms with Crippen LogP contribution in [-0.2, 0) is 47.8 Å². The monoisotopic (exact) mass is 1190 g/mol. The number of rotatable bonds is 16. The number of thiophene rings is 4. The fraction of sp³-hybridized carbons (Fsp3) is 0.154. The summed E-state index contributed by atoms with van der Waals surface area (Å²) < 4.78 is 96.8. The molecule has 24 heteroatoms. The summed E-state index contributed by atoms with van der Waals surface area (Å²) in [6, 6.07) is 25.2. The second kappa shape index (κ2) is 22.9. The van der Waals surface area contributed by atoms with E-state index >= 15 is 0 Å². The molecule has 0 saturated carbocycles. The number of halogens is 6. The maximum absolute atomic E-state index is 13.1. The Labute approximate surface area is 455 Å². The second-order valence-corrected chi connectivity index (χ2v) is 20.4. The van der Waals surface area contributed by atoms with Crippen molar-refractivity contribution in [1.29, 1.82) is 0 Å². The van der Waals surface area contributed by atoms with Crippen LogP contribution in [0, 0.1) is 0 Å². The Morgan fingerprint density at radius 3 is 1.84 bits per heavy atom. The van der Waals surface area contributed by atoms with Gasteiger partial charge in [0.05, 0.1) is 43.6 Å². The van der Waals surface area contributed by atoms with E-state index < -0.39 is 23.7 Å². The first-order chi connectivity index (χ1) is 36.2. The Morgan fingerprint density at radius 1 is 0.579 bits per heavy atom. The van der Waals surface area contributed by atoms with E-state index in [1.807, 2.05) is 35.0 Å². The van der Waals surface area contributed by atoms with Gasteiger partial charge in [0.1, 0.15) is 34.1 Å². The van der Waals surface area contributed by atoms with Gasteiger partial charge in [-0.05, 0) is 107 Å². The van der Waals surface area contributed by atoms with E-state index in [0.29, 0.717) is 47.0 Å². The number of aryl methyl sites for hydroxylation is 1. The molecule has 11 rings (SSSR count). The number of carbonyl (C=O) groups excluding carboxylic acids is 2. The molecule has 0 saturated heterocycles. The third-order valence-electron chi connectivity index (χ3n) is 11.4. The van der Waals surface area contributed by atoms with E-state index in [2.05, 4.69) is 60.5 Å². The first-order valence-corrected chi connectivity index (χ1v) is 26.0. The van der Waals surface area contributed by atoms with Crippen LogP contribution in [0.25, 0.3) is 96.8 Å². The fourth-order valence-corrected chi connectivity index (χ4v) is 12.0. The van der Waals surface area contributed by atoms with Crippen LogP contribution in [0.4, 0.5) is 26.3 Å². The van der Waals surface area contributed by atoms with E-state index in [-0.39, 0.29) is 48.0 Å². The molecule has 0 fully saturated rings. The van der Waals surface area contributed by atoms with Gasteiger partial charge in [0.2, 0.25) is 0 Å². The summed E-state index contributed by atoms with van der Waals surface area (Å²) >= 11 is 6.55. The summed E-state index contributed by atoms with van der Waals surface area (Å²) in [5, 5.41) is 17.5. The zero-order chi connectivity index (χ0) is 52.3. The number of aromatic nitrogens is 8. The molecule has 0 spiro atoms. The minimum absolute atomic E-state index is 0. The zero-order valence-corrected chi connectivity index (χ0v) is 44.0. The van der Waals surface area contributed by atoms with Gasteiger partial charge in [0, 0.05) is 56.2 Å². The molecule has 0 aliphatic heterocycles. The second-order valence-electron chi connectivity index (χ2n) is 16.4. The van der Waals surface area contributed by atoms with E-state index in [1.54, 1.807) is 76.6 Å². The van der Waals surface area contributed by atoms with Crippen molar-refractivity contribution in [3.05, 3.63) is 131 Å². The molecule has 386 valence electrons. The third-order valence-corrected chi connectivity index (χ3v) is 15.9. The van der Waals surface area contributed by atoms with Crippen LogP contribution in [-0.4, -0.2) is 43.1 Å². The first-order valence-electron chi connectivity index (χ1n) is 22.6. The smallest absolute Gasteiger partial charge is 0.573 e. The van der Waals surface area contributed by atoms with Crippen molar-refractivity contribution >= 4 is 78.9 Å². The number of furan rings is 1. The quantitative estimate of drug-likeness (QED) is 0.0388. The van der Waals surface area contributed by atoms with Crippen molar-refractivity contribution in [2.45, 2.75) is 51.4 Å². The molecular weight excluding hydrogens is 1160 g/mol. The van der Waals surface area contributed by atoms with E-state index in [9.17, 15) is 35.9 Å². The topological polar surface area (TPSA) is 171 Å². The molecule has 0 aliphatic rings. The molecule has 11 aromatic rings. The molecule has 0 radical (unpaired) electrons. The molecule has 0 atom stereocenters. The summed E-state index contributed by atoms with van der Waals surface area (Å²) in [4.78, 5) is 44.0. The molecule has 11 aromatic heterocycles. The summed E-state index contributed by atoms with van der Waals surface area (Å²) in [6.45, 7) is 2.81. The van der Waals surface area contributed by atoms with Crippen LogP contribution in [0.5, 0.6) is 11.5 Å². The van der Waals surface area contributed by atoms with Crippen LogP contribution in [0.3, 0.4) is 0 Å². The molecule has 0 amide bonds. The average molecular weight is 1190 g/mol. The van der Waals surface area contributed by atoms with Crippen LogP contribution >= 0.6 is 45.3 Å². The Morgan fingerprint density at radius 2 is 1.18 bits per heavy atom. The molecule has 0 N–H and O–H groups in total. The molecular formula is C52H34F6N8O5RuS4. The number of alkyl halides is 6. The Kier molecular flexibility index (Phi) is 16.2. The van der Waals surface area contributed by atoms with E-state index in [1.165, 1.54) is 26.9 Å². The number of hydrogen-bond acceptors (Lipinski definition) is 15. The van der Waals surface area contributed by atoms with Gasteiger partial charge in [-0.2, -0.15) is 26.3 Å². The van der Waals surface area contributed by atoms with Crippen molar-refractivity contribution in [3.8, 4) is 87.7 Å². The molecule has 0 bridgehead atoms. The predicted molar refractivity (Wildman–Crippen MR) is 274 cm³/mol. The number of nitrogens with zero attached hydrogens (tertiary/aromatic N) is 8. The predicted octanol–water partition coefficient (Wildman–Crippen LogP) is 14.7. The van der Waals surface area contributed by atoms with Gasteiger partial charge in [-0.3, -0.25) is 24.5 Å². The molecule has 0 unspecified atom stereocenters. The van der Waals surface area contributed by atoms with Crippen molar-refractivity contribution in [2.75, 3.05) is 0 Å². The van der Waals surface area contributed by atoms with Gasteiger partial charge in [-0.25, -0.2) is 4.98 Å². The van der Waals surface area contributed by atoms with Crippen molar-refractivity contribution in [3.63, 3.8) is 0 Å². The number of hydrogen-bond donors (Lipinski definition) is 0. The minimum Gasteiger partial charge on any atom is -0.573 e. The standard InChI is InChI=1S/C29H15N3O5S3.C23H19F6N5S.Ru/c33-14-35-17-4-7-31-20(10-17)22-12-18(36-15-34)11-21(32-22)19-9-16(3-6-30-19)25-1-2-26(39-25)27-13-24-29(40-27)28-23(37-24)5-8-38-28;1-2-3-4-5-6-13-7-8-35-21(13)14-9-15(17-11-19(33-31-17)22(24,25)26)30-16(10-14)18-12-20(34-32-18)23(27,28)29;/h1-15H;7-12H,2-6H2,1H3;/q;-2;+2. The van der Waals surface area contributed by atoms with Crippen molar-refractivity contribution in [1.82, 2.24) is 40.3 Å². The Bertz CT molecular complexity index is 3750. The maximum Gasteiger partial charge on any atom is 2.00 e. The SMILES string of the molecule is CCCCCCc1ccsc1-c1cc(-c2cc(C(F)(F)F)n[n-]2)nc(-c2cc(C(F)(F)F)n[n-]2)c1.O=COc1ccnc(-c2cc(OC=O)cc(-c3cc(-c4ccc(-c5cc6oc7ccsc7c6s5)s4)ccn3)n2)c1.[Ru+2]. The summed E-state index contributed by atoms with van der Waals surface area (Å²) in [5.74, 6) is 0.600. The minimum atomic E-state index is -4.69. The maximum atomic E-state index is 13.1. The van der Waals surface area contributed by atoms with Crippen LogP contribution in [0.15, 0.2) is 119 Å². The van der Waals surface area contributed by atoms with Crippen molar-refractivity contribution < 1.29 is 69.3 Å². The number of pyridine rings is 4. The number of carbonyl (C=O) groups is 2.